The van der Waals surface area contributed by atoms with Crippen molar-refractivity contribution in [1.29, 1.82) is 0 Å². The highest BCUT2D eigenvalue weighted by Crippen LogP contribution is 2.42. The minimum Gasteiger partial charge on any atom is -0.377 e. The van der Waals surface area contributed by atoms with Crippen molar-refractivity contribution in [2.24, 2.45) is 0 Å². The number of thioether (sulfide) groups is 1. The summed E-state index contributed by atoms with van der Waals surface area (Å²) in [5.41, 5.74) is 4.24. The van der Waals surface area contributed by atoms with Crippen molar-refractivity contribution in [2.75, 3.05) is 41.9 Å². The molecule has 1 saturated heterocycles. The van der Waals surface area contributed by atoms with Crippen molar-refractivity contribution in [3.05, 3.63) is 65.1 Å². The molecule has 0 amide bonds. The summed E-state index contributed by atoms with van der Waals surface area (Å²) < 4.78 is 47.2. The Balaban J connectivity index is 1.38. The lowest BCUT2D eigenvalue weighted by Crippen LogP contribution is -2.34. The van der Waals surface area contributed by atoms with Gasteiger partial charge in [0.05, 0.1) is 17.4 Å². The quantitative estimate of drug-likeness (QED) is 0.314. The number of anilines is 4. The van der Waals surface area contributed by atoms with E-state index in [0.29, 0.717) is 30.5 Å². The van der Waals surface area contributed by atoms with Crippen molar-refractivity contribution >= 4 is 40.8 Å². The lowest BCUT2D eigenvalue weighted by atomic mass is 9.78. The third-order valence-electron chi connectivity index (χ3n) is 8.42. The van der Waals surface area contributed by atoms with Gasteiger partial charge in [-0.15, -0.1) is 0 Å². The SMILES string of the molecule is CC1OCCC1Sc1nc2c(c(Nc3ccc4c(c3)N(C)CCC4(C)C)n1)C=CN(c1ncccc1C(F)(F)F)CC2. The molecule has 3 aromatic rings. The van der Waals surface area contributed by atoms with Crippen LogP contribution in [0.15, 0.2) is 47.9 Å². The second-order valence-corrected chi connectivity index (χ2v) is 13.0. The summed E-state index contributed by atoms with van der Waals surface area (Å²) in [5, 5.41) is 4.40. The number of nitrogens with one attached hydrogen (secondary N) is 1. The molecule has 1 fully saturated rings. The molecule has 1 N–H and O–H groups in total. The van der Waals surface area contributed by atoms with Crippen LogP contribution in [0, 0.1) is 0 Å². The number of hydrogen-bond acceptors (Lipinski definition) is 8. The van der Waals surface area contributed by atoms with Gasteiger partial charge >= 0.3 is 6.18 Å². The van der Waals surface area contributed by atoms with Gasteiger partial charge < -0.3 is 19.9 Å². The lowest BCUT2D eigenvalue weighted by molar-refractivity contribution is -0.137. The van der Waals surface area contributed by atoms with Gasteiger partial charge in [0.15, 0.2) is 5.16 Å². The van der Waals surface area contributed by atoms with Crippen LogP contribution in [0.3, 0.4) is 0 Å². The Morgan fingerprint density at radius 2 is 1.98 bits per heavy atom. The first-order chi connectivity index (χ1) is 20.0. The number of aromatic nitrogens is 3. The van der Waals surface area contributed by atoms with Crippen LogP contribution in [0.2, 0.25) is 0 Å². The molecule has 0 aliphatic carbocycles. The Morgan fingerprint density at radius 1 is 1.14 bits per heavy atom. The highest BCUT2D eigenvalue weighted by molar-refractivity contribution is 7.99. The number of nitrogens with zero attached hydrogens (tertiary/aromatic N) is 5. The molecule has 1 aromatic carbocycles. The summed E-state index contributed by atoms with van der Waals surface area (Å²) in [7, 11) is 2.11. The monoisotopic (exact) mass is 596 g/mol. The van der Waals surface area contributed by atoms with E-state index in [4.69, 9.17) is 14.7 Å². The zero-order chi connectivity index (χ0) is 29.6. The fraction of sp³-hybridized carbons (Fsp3) is 0.452. The van der Waals surface area contributed by atoms with Gasteiger partial charge in [-0.2, -0.15) is 13.2 Å². The number of rotatable bonds is 5. The van der Waals surface area contributed by atoms with Gasteiger partial charge in [-0.25, -0.2) is 15.0 Å². The zero-order valence-electron chi connectivity index (χ0n) is 24.2. The highest BCUT2D eigenvalue weighted by atomic mass is 32.2. The van der Waals surface area contributed by atoms with Gasteiger partial charge in [0.1, 0.15) is 11.6 Å². The standard InChI is InChI=1S/C31H35F3N6OS/c1-19-26(11-17-41-19)42-29-37-24-10-15-40(28-23(31(32,33)34)6-5-13-35-28)14-9-21(24)27(38-29)36-20-7-8-22-25(18-20)39(4)16-12-30(22,2)3/h5-9,13-14,18-19,26H,10-12,15-17H2,1-4H3,(H,36,37,38). The van der Waals surface area contributed by atoms with Crippen LogP contribution in [0.5, 0.6) is 0 Å². The topological polar surface area (TPSA) is 66.4 Å². The number of ether oxygens (including phenoxy) is 1. The van der Waals surface area contributed by atoms with E-state index >= 15 is 0 Å². The van der Waals surface area contributed by atoms with E-state index in [2.05, 4.69) is 61.2 Å². The van der Waals surface area contributed by atoms with E-state index in [1.807, 2.05) is 0 Å². The van der Waals surface area contributed by atoms with Crippen LogP contribution in [0.1, 0.15) is 56.0 Å². The van der Waals surface area contributed by atoms with Crippen LogP contribution in [-0.2, 0) is 22.7 Å². The minimum absolute atomic E-state index is 0.0865. The molecular weight excluding hydrogens is 561 g/mol. The second-order valence-electron chi connectivity index (χ2n) is 11.8. The first kappa shape index (κ1) is 28.8. The summed E-state index contributed by atoms with van der Waals surface area (Å²) in [6, 6.07) is 8.78. The molecule has 0 saturated carbocycles. The molecule has 6 rings (SSSR count). The van der Waals surface area contributed by atoms with Crippen molar-refractivity contribution in [1.82, 2.24) is 15.0 Å². The summed E-state index contributed by atoms with van der Waals surface area (Å²) in [6.07, 6.45) is 2.84. The van der Waals surface area contributed by atoms with Crippen LogP contribution < -0.4 is 15.1 Å². The van der Waals surface area contributed by atoms with Crippen molar-refractivity contribution < 1.29 is 17.9 Å². The summed E-state index contributed by atoms with van der Waals surface area (Å²) >= 11 is 1.60. The number of alkyl halides is 3. The molecule has 2 unspecified atom stereocenters. The smallest absolute Gasteiger partial charge is 0.377 e. The molecule has 5 heterocycles. The molecule has 2 aromatic heterocycles. The third-order valence-corrected chi connectivity index (χ3v) is 9.73. The van der Waals surface area contributed by atoms with Crippen LogP contribution in [0.4, 0.5) is 36.2 Å². The largest absolute Gasteiger partial charge is 0.419 e. The average molecular weight is 597 g/mol. The fourth-order valence-electron chi connectivity index (χ4n) is 5.83. The molecule has 2 atom stereocenters. The maximum absolute atomic E-state index is 13.8. The van der Waals surface area contributed by atoms with Crippen molar-refractivity contribution in [3.63, 3.8) is 0 Å². The zero-order valence-corrected chi connectivity index (χ0v) is 25.0. The van der Waals surface area contributed by atoms with Gasteiger partial charge in [0, 0.05) is 67.7 Å². The molecule has 222 valence electrons. The predicted octanol–water partition coefficient (Wildman–Crippen LogP) is 7.05. The number of hydrogen-bond donors (Lipinski definition) is 1. The van der Waals surface area contributed by atoms with Crippen LogP contribution in [0.25, 0.3) is 6.08 Å². The Bertz CT molecular complexity index is 1510. The molecule has 0 spiro atoms. The van der Waals surface area contributed by atoms with Gasteiger partial charge in [0.2, 0.25) is 0 Å². The average Bonchev–Trinajstić information content (AvgIpc) is 3.22. The predicted molar refractivity (Wildman–Crippen MR) is 162 cm³/mol. The van der Waals surface area contributed by atoms with Crippen LogP contribution >= 0.6 is 11.8 Å². The Kier molecular flexibility index (Phi) is 7.59. The third kappa shape index (κ3) is 5.68. The van der Waals surface area contributed by atoms with E-state index in [-0.39, 0.29) is 22.6 Å². The van der Waals surface area contributed by atoms with E-state index in [0.717, 1.165) is 42.4 Å². The van der Waals surface area contributed by atoms with Gasteiger partial charge in [-0.05, 0) is 61.1 Å². The maximum Gasteiger partial charge on any atom is 0.419 e. The van der Waals surface area contributed by atoms with E-state index in [9.17, 15) is 13.2 Å². The summed E-state index contributed by atoms with van der Waals surface area (Å²) in [6.45, 7) is 8.58. The first-order valence-electron chi connectivity index (χ1n) is 14.3. The summed E-state index contributed by atoms with van der Waals surface area (Å²) in [5.74, 6) is 0.505. The Labute approximate surface area is 248 Å². The molecule has 0 radical (unpaired) electrons. The molecular formula is C31H35F3N6OS. The van der Waals surface area contributed by atoms with Gasteiger partial charge in [-0.1, -0.05) is 31.7 Å². The lowest BCUT2D eigenvalue weighted by Gasteiger charge is -2.38. The fourth-order valence-corrected chi connectivity index (χ4v) is 6.90. The summed E-state index contributed by atoms with van der Waals surface area (Å²) in [4.78, 5) is 17.8. The Hall–Kier alpha value is -3.31. The van der Waals surface area contributed by atoms with Crippen LogP contribution in [-0.4, -0.2) is 53.0 Å². The minimum atomic E-state index is -4.51. The molecule has 11 heteroatoms. The first-order valence-corrected chi connectivity index (χ1v) is 15.2. The highest BCUT2D eigenvalue weighted by Gasteiger charge is 2.36. The van der Waals surface area contributed by atoms with E-state index < -0.39 is 11.7 Å². The van der Waals surface area contributed by atoms with E-state index in [1.165, 1.54) is 23.5 Å². The number of halogens is 3. The number of fused-ring (bicyclic) bond motifs is 2. The number of benzene rings is 1. The van der Waals surface area contributed by atoms with Gasteiger partial charge in [-0.3, -0.25) is 0 Å². The molecule has 0 bridgehead atoms. The van der Waals surface area contributed by atoms with E-state index in [1.54, 1.807) is 28.9 Å². The molecule has 3 aliphatic rings. The Morgan fingerprint density at radius 3 is 2.74 bits per heavy atom. The maximum atomic E-state index is 13.8. The van der Waals surface area contributed by atoms with Crippen molar-refractivity contribution in [2.45, 2.75) is 68.1 Å². The molecule has 3 aliphatic heterocycles. The normalized spacial score (nSPS) is 21.6. The van der Waals surface area contributed by atoms with Crippen molar-refractivity contribution in [3.8, 4) is 0 Å². The number of pyridine rings is 1. The second kappa shape index (κ2) is 11.1. The molecule has 42 heavy (non-hydrogen) atoms. The van der Waals surface area contributed by atoms with Gasteiger partial charge in [0.25, 0.3) is 0 Å². The molecule has 7 nitrogen and oxygen atoms in total.